The van der Waals surface area contributed by atoms with Crippen molar-refractivity contribution in [3.63, 3.8) is 0 Å². The zero-order chi connectivity index (χ0) is 25.7. The van der Waals surface area contributed by atoms with Crippen molar-refractivity contribution in [3.05, 3.63) is 63.1 Å². The van der Waals surface area contributed by atoms with E-state index < -0.39 is 34.2 Å². The van der Waals surface area contributed by atoms with Crippen LogP contribution in [0.15, 0.2) is 47.4 Å². The number of nitrogens with zero attached hydrogens (tertiary/aromatic N) is 3. The van der Waals surface area contributed by atoms with Gasteiger partial charge in [0.15, 0.2) is 0 Å². The molecule has 3 atom stereocenters. The van der Waals surface area contributed by atoms with Crippen LogP contribution in [0.1, 0.15) is 19.4 Å². The molecule has 0 saturated carbocycles. The number of hydrogen-bond acceptors (Lipinski definition) is 6. The number of sulfonamides is 1. The van der Waals surface area contributed by atoms with E-state index in [4.69, 9.17) is 40.5 Å². The number of nitrogens with two attached hydrogens (primary N) is 1. The zero-order valence-corrected chi connectivity index (χ0v) is 22.9. The number of piperazine rings is 1. The first-order valence-corrected chi connectivity index (χ1v) is 13.6. The topological polar surface area (TPSA) is 139 Å². The number of carbonyl (C=O) groups excluding carboxylic acids is 2. The maximum absolute atomic E-state index is 13.8. The SMILES string of the molecule is CC(C)N1CC2N(C(=O)C(N)CN2S(=O)(=O)c2ccc(Cl)cc2Cl)C(Cc2ccc(Cl)cc2)C1=O.N. The highest BCUT2D eigenvalue weighted by Gasteiger charge is 2.53. The van der Waals surface area contributed by atoms with E-state index in [9.17, 15) is 18.0 Å². The van der Waals surface area contributed by atoms with Crippen LogP contribution in [0.5, 0.6) is 0 Å². The maximum Gasteiger partial charge on any atom is 0.246 e. The van der Waals surface area contributed by atoms with Crippen molar-refractivity contribution in [2.24, 2.45) is 5.73 Å². The first-order chi connectivity index (χ1) is 16.4. The molecule has 13 heteroatoms. The Labute approximate surface area is 225 Å². The van der Waals surface area contributed by atoms with Crippen LogP contribution in [0.4, 0.5) is 0 Å². The number of halogens is 3. The first-order valence-electron chi connectivity index (χ1n) is 11.0. The highest BCUT2D eigenvalue weighted by molar-refractivity contribution is 7.89. The summed E-state index contributed by atoms with van der Waals surface area (Å²) in [6, 6.07) is 8.75. The van der Waals surface area contributed by atoms with Crippen LogP contribution >= 0.6 is 34.8 Å². The van der Waals surface area contributed by atoms with Crippen LogP contribution in [0.3, 0.4) is 0 Å². The van der Waals surface area contributed by atoms with Crippen molar-refractivity contribution in [2.75, 3.05) is 13.1 Å². The summed E-state index contributed by atoms with van der Waals surface area (Å²) in [7, 11) is -4.19. The molecule has 2 saturated heterocycles. The van der Waals surface area contributed by atoms with Gasteiger partial charge in [-0.05, 0) is 49.7 Å². The summed E-state index contributed by atoms with van der Waals surface area (Å²) in [6.45, 7) is 3.46. The summed E-state index contributed by atoms with van der Waals surface area (Å²) in [5.41, 5.74) is 6.91. The van der Waals surface area contributed by atoms with Gasteiger partial charge in [0.1, 0.15) is 17.1 Å². The van der Waals surface area contributed by atoms with E-state index >= 15 is 0 Å². The van der Waals surface area contributed by atoms with Gasteiger partial charge >= 0.3 is 0 Å². The van der Waals surface area contributed by atoms with Gasteiger partial charge in [-0.3, -0.25) is 9.59 Å². The molecule has 36 heavy (non-hydrogen) atoms. The van der Waals surface area contributed by atoms with E-state index in [2.05, 4.69) is 0 Å². The molecule has 2 aliphatic rings. The predicted molar refractivity (Wildman–Crippen MR) is 140 cm³/mol. The first kappa shape index (κ1) is 28.6. The van der Waals surface area contributed by atoms with Crippen molar-refractivity contribution in [1.29, 1.82) is 0 Å². The van der Waals surface area contributed by atoms with E-state index in [1.807, 2.05) is 13.8 Å². The molecule has 3 unspecified atom stereocenters. The third-order valence-corrected chi connectivity index (χ3v) is 9.15. The molecule has 2 aliphatic heterocycles. The Kier molecular flexibility index (Phi) is 8.61. The van der Waals surface area contributed by atoms with E-state index in [0.717, 1.165) is 5.56 Å². The van der Waals surface area contributed by atoms with Crippen LogP contribution in [-0.2, 0) is 26.0 Å². The van der Waals surface area contributed by atoms with E-state index in [-0.39, 0.29) is 47.5 Å². The van der Waals surface area contributed by atoms with Crippen LogP contribution in [0, 0.1) is 0 Å². The number of fused-ring (bicyclic) bond motifs is 1. The van der Waals surface area contributed by atoms with Crippen molar-refractivity contribution >= 4 is 56.6 Å². The van der Waals surface area contributed by atoms with Crippen LogP contribution < -0.4 is 11.9 Å². The minimum Gasteiger partial charge on any atom is -0.344 e. The summed E-state index contributed by atoms with van der Waals surface area (Å²) < 4.78 is 28.7. The minimum absolute atomic E-state index is 0. The molecule has 2 heterocycles. The van der Waals surface area contributed by atoms with E-state index in [0.29, 0.717) is 10.0 Å². The molecule has 2 fully saturated rings. The number of rotatable bonds is 5. The zero-order valence-electron chi connectivity index (χ0n) is 19.8. The van der Waals surface area contributed by atoms with Gasteiger partial charge in [0.2, 0.25) is 21.8 Å². The van der Waals surface area contributed by atoms with Crippen molar-refractivity contribution in [3.8, 4) is 0 Å². The Bertz CT molecular complexity index is 1260. The van der Waals surface area contributed by atoms with Crippen LogP contribution in [0.25, 0.3) is 0 Å². The Morgan fingerprint density at radius 3 is 2.17 bits per heavy atom. The summed E-state index contributed by atoms with van der Waals surface area (Å²) >= 11 is 18.2. The average Bonchev–Trinajstić information content (AvgIpc) is 2.78. The quantitative estimate of drug-likeness (QED) is 0.561. The molecule has 0 aliphatic carbocycles. The largest absolute Gasteiger partial charge is 0.344 e. The monoisotopic (exact) mass is 575 g/mol. The molecule has 0 bridgehead atoms. The predicted octanol–water partition coefficient (Wildman–Crippen LogP) is 3.16. The number of hydrogen-bond donors (Lipinski definition) is 2. The lowest BCUT2D eigenvalue weighted by molar-refractivity contribution is -0.167. The average molecular weight is 577 g/mol. The van der Waals surface area contributed by atoms with Gasteiger partial charge in [-0.2, -0.15) is 4.31 Å². The van der Waals surface area contributed by atoms with Gasteiger partial charge in [-0.25, -0.2) is 8.42 Å². The lowest BCUT2D eigenvalue weighted by atomic mass is 9.96. The van der Waals surface area contributed by atoms with Crippen LogP contribution in [0.2, 0.25) is 15.1 Å². The fourth-order valence-electron chi connectivity index (χ4n) is 4.55. The normalized spacial score (nSPS) is 23.0. The Morgan fingerprint density at radius 2 is 1.58 bits per heavy atom. The number of benzene rings is 2. The maximum atomic E-state index is 13.8. The second-order valence-corrected chi connectivity index (χ2v) is 12.1. The number of carbonyl (C=O) groups is 2. The molecule has 9 nitrogen and oxygen atoms in total. The minimum atomic E-state index is -4.19. The number of amides is 2. The van der Waals surface area contributed by atoms with Gasteiger partial charge < -0.3 is 21.7 Å². The van der Waals surface area contributed by atoms with E-state index in [1.54, 1.807) is 29.2 Å². The third kappa shape index (κ3) is 5.22. The summed E-state index contributed by atoms with van der Waals surface area (Å²) in [5, 5.41) is 0.789. The molecule has 4 rings (SSSR count). The molecular formula is C23H28Cl3N5O4S. The highest BCUT2D eigenvalue weighted by atomic mass is 35.5. The molecule has 2 aromatic carbocycles. The molecular weight excluding hydrogens is 549 g/mol. The second kappa shape index (κ2) is 10.8. The fraction of sp³-hybridized carbons (Fsp3) is 0.391. The lowest BCUT2D eigenvalue weighted by Gasteiger charge is -2.53. The Hall–Kier alpha value is -1.92. The van der Waals surface area contributed by atoms with Gasteiger partial charge in [0, 0.05) is 29.1 Å². The smallest absolute Gasteiger partial charge is 0.246 e. The molecule has 196 valence electrons. The molecule has 2 aromatic rings. The molecule has 0 aromatic heterocycles. The Morgan fingerprint density at radius 1 is 0.972 bits per heavy atom. The lowest BCUT2D eigenvalue weighted by Crippen LogP contribution is -2.75. The Balaban J connectivity index is 0.00000361. The highest BCUT2D eigenvalue weighted by Crippen LogP contribution is 2.34. The summed E-state index contributed by atoms with van der Waals surface area (Å²) in [6.07, 6.45) is -0.763. The summed E-state index contributed by atoms with van der Waals surface area (Å²) in [5.74, 6) is -0.741. The molecule has 0 radical (unpaired) electrons. The molecule has 5 N–H and O–H groups in total. The van der Waals surface area contributed by atoms with Crippen LogP contribution in [-0.4, -0.2) is 71.7 Å². The van der Waals surface area contributed by atoms with Crippen molar-refractivity contribution < 1.29 is 18.0 Å². The van der Waals surface area contributed by atoms with Gasteiger partial charge in [0.05, 0.1) is 17.6 Å². The second-order valence-electron chi connectivity index (χ2n) is 8.91. The van der Waals surface area contributed by atoms with E-state index in [1.165, 1.54) is 27.4 Å². The van der Waals surface area contributed by atoms with Gasteiger partial charge in [0.25, 0.3) is 0 Å². The molecule has 2 amide bonds. The summed E-state index contributed by atoms with van der Waals surface area (Å²) in [4.78, 5) is 29.6. The standard InChI is InChI=1S/C23H25Cl3N4O4S.H3N/c1-13(2)28-12-21-29(35(33,34)20-8-7-16(25)10-17(20)26)11-18(27)22(31)30(21)19(23(28)32)9-14-3-5-15(24)6-4-14;/h3-8,10,13,18-19,21H,9,11-12,27H2,1-2H3;1H3. The fourth-order valence-corrected chi connectivity index (χ4v) is 7.02. The van der Waals surface area contributed by atoms with Gasteiger partial charge in [-0.1, -0.05) is 46.9 Å². The third-order valence-electron chi connectivity index (χ3n) is 6.31. The van der Waals surface area contributed by atoms with Crippen molar-refractivity contribution in [1.82, 2.24) is 20.3 Å². The van der Waals surface area contributed by atoms with Crippen molar-refractivity contribution in [2.45, 2.75) is 49.5 Å². The van der Waals surface area contributed by atoms with Gasteiger partial charge in [-0.15, -0.1) is 0 Å². The molecule has 0 spiro atoms.